The van der Waals surface area contributed by atoms with Crippen LogP contribution in [0.3, 0.4) is 0 Å². The van der Waals surface area contributed by atoms with Crippen molar-refractivity contribution in [1.29, 1.82) is 0 Å². The number of carboxylic acid groups (broad SMARTS) is 1. The van der Waals surface area contributed by atoms with Gasteiger partial charge in [0.2, 0.25) is 0 Å². The van der Waals surface area contributed by atoms with Gasteiger partial charge in [-0.1, -0.05) is 23.5 Å². The first-order chi connectivity index (χ1) is 6.77. The Bertz CT molecular complexity index is 454. The molecule has 1 aromatic carbocycles. The van der Waals surface area contributed by atoms with Gasteiger partial charge in [0.1, 0.15) is 10.5 Å². The lowest BCUT2D eigenvalue weighted by atomic mass is 10.1. The van der Waals surface area contributed by atoms with E-state index in [1.807, 2.05) is 6.07 Å². The fraction of sp³-hybridized carbons (Fsp3) is 0. The van der Waals surface area contributed by atoms with Crippen LogP contribution < -0.4 is 0 Å². The summed E-state index contributed by atoms with van der Waals surface area (Å²) in [6.45, 7) is 0. The molecule has 0 amide bonds. The van der Waals surface area contributed by atoms with Crippen molar-refractivity contribution in [2.75, 3.05) is 0 Å². The summed E-state index contributed by atoms with van der Waals surface area (Å²) >= 11 is 1.38. The summed E-state index contributed by atoms with van der Waals surface area (Å²) < 4.78 is 0. The lowest BCUT2D eigenvalue weighted by molar-refractivity contribution is 0.0697. The van der Waals surface area contributed by atoms with Crippen LogP contribution >= 0.6 is 11.3 Å². The predicted octanol–water partition coefficient (Wildman–Crippen LogP) is 1.90. The second kappa shape index (κ2) is 3.55. The molecule has 5 heteroatoms. The van der Waals surface area contributed by atoms with Crippen LogP contribution in [0.1, 0.15) is 10.4 Å². The molecule has 4 nitrogen and oxygen atoms in total. The highest BCUT2D eigenvalue weighted by atomic mass is 32.1. The number of aromatic carboxylic acids is 1. The van der Waals surface area contributed by atoms with Gasteiger partial charge < -0.3 is 5.11 Å². The molecule has 0 atom stereocenters. The maximum Gasteiger partial charge on any atom is 0.335 e. The largest absolute Gasteiger partial charge is 0.478 e. The SMILES string of the molecule is O=C(O)c1cccc(-c2nncs2)c1. The van der Waals surface area contributed by atoms with Gasteiger partial charge in [-0.15, -0.1) is 10.2 Å². The maximum atomic E-state index is 10.7. The molecule has 1 N–H and O–H groups in total. The molecule has 0 fully saturated rings. The number of benzene rings is 1. The van der Waals surface area contributed by atoms with Crippen molar-refractivity contribution < 1.29 is 9.90 Å². The number of carbonyl (C=O) groups is 1. The number of rotatable bonds is 2. The van der Waals surface area contributed by atoms with Crippen molar-refractivity contribution >= 4 is 17.3 Å². The first-order valence-electron chi connectivity index (χ1n) is 3.87. The van der Waals surface area contributed by atoms with E-state index in [4.69, 9.17) is 5.11 Å². The van der Waals surface area contributed by atoms with Crippen molar-refractivity contribution in [2.24, 2.45) is 0 Å². The molecule has 70 valence electrons. The van der Waals surface area contributed by atoms with Crippen LogP contribution in [0.5, 0.6) is 0 Å². The lowest BCUT2D eigenvalue weighted by Gasteiger charge is -1.97. The first-order valence-corrected chi connectivity index (χ1v) is 4.75. The van der Waals surface area contributed by atoms with Crippen LogP contribution in [0.15, 0.2) is 29.8 Å². The Kier molecular flexibility index (Phi) is 2.24. The molecule has 0 spiro atoms. The van der Waals surface area contributed by atoms with Crippen LogP contribution in [0.2, 0.25) is 0 Å². The lowest BCUT2D eigenvalue weighted by Crippen LogP contribution is -1.95. The van der Waals surface area contributed by atoms with Crippen molar-refractivity contribution in [2.45, 2.75) is 0 Å². The fourth-order valence-electron chi connectivity index (χ4n) is 1.08. The summed E-state index contributed by atoms with van der Waals surface area (Å²) in [5, 5.41) is 17.1. The number of hydrogen-bond acceptors (Lipinski definition) is 4. The Morgan fingerprint density at radius 2 is 2.29 bits per heavy atom. The molecule has 2 aromatic rings. The van der Waals surface area contributed by atoms with E-state index in [-0.39, 0.29) is 5.56 Å². The third kappa shape index (κ3) is 1.62. The summed E-state index contributed by atoms with van der Waals surface area (Å²) in [4.78, 5) is 10.7. The number of nitrogens with zero attached hydrogens (tertiary/aromatic N) is 2. The summed E-state index contributed by atoms with van der Waals surface area (Å²) in [5.41, 5.74) is 2.66. The predicted molar refractivity (Wildman–Crippen MR) is 52.3 cm³/mol. The van der Waals surface area contributed by atoms with Crippen LogP contribution in [-0.4, -0.2) is 21.3 Å². The van der Waals surface area contributed by atoms with Crippen molar-refractivity contribution in [1.82, 2.24) is 10.2 Å². The smallest absolute Gasteiger partial charge is 0.335 e. The van der Waals surface area contributed by atoms with Gasteiger partial charge in [0, 0.05) is 5.56 Å². The van der Waals surface area contributed by atoms with Gasteiger partial charge in [-0.05, 0) is 12.1 Å². The van der Waals surface area contributed by atoms with E-state index in [0.717, 1.165) is 10.6 Å². The second-order valence-electron chi connectivity index (χ2n) is 2.63. The minimum absolute atomic E-state index is 0.262. The van der Waals surface area contributed by atoms with Gasteiger partial charge >= 0.3 is 5.97 Å². The average molecular weight is 206 g/mol. The Morgan fingerprint density at radius 1 is 1.43 bits per heavy atom. The van der Waals surface area contributed by atoms with Crippen molar-refractivity contribution in [3.63, 3.8) is 0 Å². The average Bonchev–Trinajstić information content (AvgIpc) is 2.71. The van der Waals surface area contributed by atoms with Gasteiger partial charge in [0.05, 0.1) is 5.56 Å². The second-order valence-corrected chi connectivity index (χ2v) is 3.46. The summed E-state index contributed by atoms with van der Waals surface area (Å²) in [6, 6.07) is 6.64. The van der Waals surface area contributed by atoms with Crippen LogP contribution in [0, 0.1) is 0 Å². The quantitative estimate of drug-likeness (QED) is 0.815. The maximum absolute atomic E-state index is 10.7. The summed E-state index contributed by atoms with van der Waals surface area (Å²) in [5.74, 6) is -0.934. The molecule has 1 aromatic heterocycles. The molecule has 1 heterocycles. The molecule has 0 saturated carbocycles. The zero-order valence-electron chi connectivity index (χ0n) is 7.04. The van der Waals surface area contributed by atoms with E-state index >= 15 is 0 Å². The molecule has 0 aliphatic rings. The molecule has 0 aliphatic carbocycles. The van der Waals surface area contributed by atoms with Crippen LogP contribution in [0.4, 0.5) is 0 Å². The van der Waals surface area contributed by atoms with Gasteiger partial charge in [-0.25, -0.2) is 4.79 Å². The van der Waals surface area contributed by atoms with Gasteiger partial charge in [-0.3, -0.25) is 0 Å². The van der Waals surface area contributed by atoms with E-state index in [2.05, 4.69) is 10.2 Å². The van der Waals surface area contributed by atoms with Crippen molar-refractivity contribution in [3.8, 4) is 10.6 Å². The zero-order chi connectivity index (χ0) is 9.97. The normalized spacial score (nSPS) is 10.0. The fourth-order valence-corrected chi connectivity index (χ4v) is 1.64. The topological polar surface area (TPSA) is 63.1 Å². The van der Waals surface area contributed by atoms with E-state index in [1.54, 1.807) is 23.7 Å². The molecule has 0 unspecified atom stereocenters. The third-order valence-corrected chi connectivity index (χ3v) is 2.46. The molecule has 0 bridgehead atoms. The minimum atomic E-state index is -0.934. The van der Waals surface area contributed by atoms with E-state index in [9.17, 15) is 4.79 Å². The number of hydrogen-bond donors (Lipinski definition) is 1. The Hall–Kier alpha value is -1.75. The van der Waals surface area contributed by atoms with Gasteiger partial charge in [-0.2, -0.15) is 0 Å². The van der Waals surface area contributed by atoms with Crippen LogP contribution in [0.25, 0.3) is 10.6 Å². The highest BCUT2D eigenvalue weighted by molar-refractivity contribution is 7.12. The molecule has 0 radical (unpaired) electrons. The van der Waals surface area contributed by atoms with Gasteiger partial charge in [0.25, 0.3) is 0 Å². The standard InChI is InChI=1S/C9H6N2O2S/c12-9(13)7-3-1-2-6(4-7)8-11-10-5-14-8/h1-5H,(H,12,13). The van der Waals surface area contributed by atoms with Gasteiger partial charge in [0.15, 0.2) is 0 Å². The minimum Gasteiger partial charge on any atom is -0.478 e. The molecule has 2 rings (SSSR count). The monoisotopic (exact) mass is 206 g/mol. The number of aromatic nitrogens is 2. The third-order valence-electron chi connectivity index (χ3n) is 1.72. The first kappa shape index (κ1) is 8.83. The zero-order valence-corrected chi connectivity index (χ0v) is 7.86. The van der Waals surface area contributed by atoms with E-state index in [0.29, 0.717) is 0 Å². The highest BCUT2D eigenvalue weighted by Gasteiger charge is 2.06. The molecular weight excluding hydrogens is 200 g/mol. The van der Waals surface area contributed by atoms with Crippen molar-refractivity contribution in [3.05, 3.63) is 35.3 Å². The summed E-state index contributed by atoms with van der Waals surface area (Å²) in [6.07, 6.45) is 0. The molecular formula is C9H6N2O2S. The number of carboxylic acids is 1. The molecule has 14 heavy (non-hydrogen) atoms. The van der Waals surface area contributed by atoms with E-state index < -0.39 is 5.97 Å². The Balaban J connectivity index is 2.46. The van der Waals surface area contributed by atoms with Crippen LogP contribution in [-0.2, 0) is 0 Å². The Morgan fingerprint density at radius 3 is 2.93 bits per heavy atom. The highest BCUT2D eigenvalue weighted by Crippen LogP contribution is 2.21. The molecule has 0 aliphatic heterocycles. The molecule has 0 saturated heterocycles. The van der Waals surface area contributed by atoms with E-state index in [1.165, 1.54) is 11.3 Å². The summed E-state index contributed by atoms with van der Waals surface area (Å²) in [7, 11) is 0. The Labute approximate surface area is 83.9 Å².